The van der Waals surface area contributed by atoms with Crippen molar-refractivity contribution in [1.82, 2.24) is 10.2 Å². The number of carbonyl (C=O) groups excluding carboxylic acids is 1. The molecule has 1 amide bonds. The number of amides is 1. The molecule has 3 aliphatic rings. The van der Waals surface area contributed by atoms with Crippen molar-refractivity contribution in [3.05, 3.63) is 0 Å². The number of piperidine rings is 1. The van der Waals surface area contributed by atoms with E-state index < -0.39 is 5.60 Å². The summed E-state index contributed by atoms with van der Waals surface area (Å²) < 4.78 is 5.47. The van der Waals surface area contributed by atoms with Gasteiger partial charge in [0.25, 0.3) is 0 Å². The van der Waals surface area contributed by atoms with Crippen LogP contribution in [0.15, 0.2) is 0 Å². The van der Waals surface area contributed by atoms with Gasteiger partial charge in [-0.2, -0.15) is 0 Å². The first-order valence-electron chi connectivity index (χ1n) is 9.11. The van der Waals surface area contributed by atoms with E-state index in [4.69, 9.17) is 4.74 Å². The SMILES string of the molecule is CCC1CCCC(NC2C3CN(C(=O)OC(C)(C)C)CC32)C1. The van der Waals surface area contributed by atoms with Crippen LogP contribution in [0, 0.1) is 17.8 Å². The number of nitrogens with one attached hydrogen (secondary N) is 1. The summed E-state index contributed by atoms with van der Waals surface area (Å²) in [7, 11) is 0. The molecule has 3 fully saturated rings. The van der Waals surface area contributed by atoms with Crippen LogP contribution in [-0.2, 0) is 4.74 Å². The number of rotatable bonds is 3. The number of fused-ring (bicyclic) bond motifs is 1. The maximum atomic E-state index is 12.1. The second-order valence-electron chi connectivity index (χ2n) is 8.54. The molecule has 0 spiro atoms. The van der Waals surface area contributed by atoms with Gasteiger partial charge in [0.15, 0.2) is 0 Å². The number of nitrogens with zero attached hydrogens (tertiary/aromatic N) is 1. The molecule has 0 aromatic rings. The molecular weight excluding hydrogens is 276 g/mol. The first-order valence-corrected chi connectivity index (χ1v) is 9.11. The molecule has 0 aromatic carbocycles. The van der Waals surface area contributed by atoms with Crippen molar-refractivity contribution >= 4 is 6.09 Å². The summed E-state index contributed by atoms with van der Waals surface area (Å²) in [6.45, 7) is 9.86. The minimum atomic E-state index is -0.390. The third-order valence-corrected chi connectivity index (χ3v) is 5.63. The fraction of sp³-hybridized carbons (Fsp3) is 0.944. The van der Waals surface area contributed by atoms with Crippen LogP contribution in [0.1, 0.15) is 59.8 Å². The Morgan fingerprint density at radius 1 is 1.23 bits per heavy atom. The second kappa shape index (κ2) is 6.03. The van der Waals surface area contributed by atoms with Crippen LogP contribution in [0.25, 0.3) is 0 Å². The predicted molar refractivity (Wildman–Crippen MR) is 87.7 cm³/mol. The molecule has 4 heteroatoms. The zero-order valence-corrected chi connectivity index (χ0v) is 14.6. The van der Waals surface area contributed by atoms with E-state index in [1.165, 1.54) is 32.1 Å². The Bertz CT molecular complexity index is 406. The highest BCUT2D eigenvalue weighted by Gasteiger charge is 2.57. The molecule has 1 heterocycles. The van der Waals surface area contributed by atoms with Crippen LogP contribution in [0.5, 0.6) is 0 Å². The highest BCUT2D eigenvalue weighted by Crippen LogP contribution is 2.46. The Kier molecular flexibility index (Phi) is 4.41. The van der Waals surface area contributed by atoms with Gasteiger partial charge in [-0.15, -0.1) is 0 Å². The van der Waals surface area contributed by atoms with Crippen molar-refractivity contribution in [2.75, 3.05) is 13.1 Å². The highest BCUT2D eigenvalue weighted by molar-refractivity contribution is 5.69. The molecule has 4 unspecified atom stereocenters. The predicted octanol–water partition coefficient (Wildman–Crippen LogP) is 3.41. The van der Waals surface area contributed by atoms with Crippen LogP contribution in [-0.4, -0.2) is 41.8 Å². The molecule has 2 saturated carbocycles. The second-order valence-corrected chi connectivity index (χ2v) is 8.54. The standard InChI is InChI=1S/C18H32N2O2/c1-5-12-7-6-8-13(9-12)19-16-14-10-20(11-15(14)16)17(21)22-18(2,3)4/h12-16,19H,5-11H2,1-4H3. The fourth-order valence-electron chi connectivity index (χ4n) is 4.33. The Balaban J connectivity index is 1.42. The first-order chi connectivity index (χ1) is 10.4. The zero-order chi connectivity index (χ0) is 15.9. The molecular formula is C18H32N2O2. The van der Waals surface area contributed by atoms with E-state index in [-0.39, 0.29) is 6.09 Å². The maximum Gasteiger partial charge on any atom is 0.410 e. The third-order valence-electron chi connectivity index (χ3n) is 5.63. The van der Waals surface area contributed by atoms with Crippen molar-refractivity contribution in [1.29, 1.82) is 0 Å². The summed E-state index contributed by atoms with van der Waals surface area (Å²) in [6.07, 6.45) is 6.66. The van der Waals surface area contributed by atoms with Crippen LogP contribution in [0.2, 0.25) is 0 Å². The zero-order valence-electron chi connectivity index (χ0n) is 14.6. The molecule has 126 valence electrons. The molecule has 3 rings (SSSR count). The van der Waals surface area contributed by atoms with E-state index in [9.17, 15) is 4.79 Å². The topological polar surface area (TPSA) is 41.6 Å². The van der Waals surface area contributed by atoms with Crippen molar-refractivity contribution in [2.45, 2.75) is 77.5 Å². The van der Waals surface area contributed by atoms with E-state index in [1.807, 2.05) is 25.7 Å². The Morgan fingerprint density at radius 2 is 1.91 bits per heavy atom. The molecule has 4 nitrogen and oxygen atoms in total. The summed E-state index contributed by atoms with van der Waals surface area (Å²) >= 11 is 0. The third kappa shape index (κ3) is 3.58. The molecule has 2 aliphatic carbocycles. The van der Waals surface area contributed by atoms with Gasteiger partial charge < -0.3 is 15.0 Å². The van der Waals surface area contributed by atoms with Gasteiger partial charge in [0.1, 0.15) is 5.60 Å². The average Bonchev–Trinajstić information content (AvgIpc) is 2.89. The number of ether oxygens (including phenoxy) is 1. The minimum Gasteiger partial charge on any atom is -0.444 e. The minimum absolute atomic E-state index is 0.137. The average molecular weight is 308 g/mol. The van der Waals surface area contributed by atoms with E-state index in [0.717, 1.165) is 19.0 Å². The summed E-state index contributed by atoms with van der Waals surface area (Å²) in [6, 6.07) is 1.36. The van der Waals surface area contributed by atoms with Crippen LogP contribution in [0.3, 0.4) is 0 Å². The van der Waals surface area contributed by atoms with E-state index in [1.54, 1.807) is 0 Å². The molecule has 0 aromatic heterocycles. The number of hydrogen-bond donors (Lipinski definition) is 1. The largest absolute Gasteiger partial charge is 0.444 e. The van der Waals surface area contributed by atoms with E-state index >= 15 is 0 Å². The lowest BCUT2D eigenvalue weighted by Gasteiger charge is -2.31. The fourth-order valence-corrected chi connectivity index (χ4v) is 4.33. The van der Waals surface area contributed by atoms with Gasteiger partial charge >= 0.3 is 6.09 Å². The Morgan fingerprint density at radius 3 is 2.50 bits per heavy atom. The van der Waals surface area contributed by atoms with Gasteiger partial charge in [-0.3, -0.25) is 0 Å². The van der Waals surface area contributed by atoms with Crippen LogP contribution >= 0.6 is 0 Å². The molecule has 1 aliphatic heterocycles. The number of likely N-dealkylation sites (tertiary alicyclic amines) is 1. The Labute approximate surface area is 135 Å². The lowest BCUT2D eigenvalue weighted by molar-refractivity contribution is 0.0268. The maximum absolute atomic E-state index is 12.1. The van der Waals surface area contributed by atoms with Crippen molar-refractivity contribution < 1.29 is 9.53 Å². The van der Waals surface area contributed by atoms with Crippen LogP contribution < -0.4 is 5.32 Å². The van der Waals surface area contributed by atoms with Crippen LogP contribution in [0.4, 0.5) is 4.79 Å². The number of hydrogen-bond acceptors (Lipinski definition) is 3. The molecule has 0 radical (unpaired) electrons. The summed E-state index contributed by atoms with van der Waals surface area (Å²) in [5, 5.41) is 3.89. The van der Waals surface area contributed by atoms with Crippen molar-refractivity contribution in [3.63, 3.8) is 0 Å². The highest BCUT2D eigenvalue weighted by atomic mass is 16.6. The quantitative estimate of drug-likeness (QED) is 0.868. The van der Waals surface area contributed by atoms with Crippen molar-refractivity contribution in [2.24, 2.45) is 17.8 Å². The van der Waals surface area contributed by atoms with E-state index in [0.29, 0.717) is 23.9 Å². The lowest BCUT2D eigenvalue weighted by atomic mass is 9.84. The van der Waals surface area contributed by atoms with Gasteiger partial charge in [-0.05, 0) is 51.4 Å². The molecule has 1 N–H and O–H groups in total. The molecule has 1 saturated heterocycles. The first kappa shape index (κ1) is 16.1. The monoisotopic (exact) mass is 308 g/mol. The summed E-state index contributed by atoms with van der Waals surface area (Å²) in [5.41, 5.74) is -0.390. The van der Waals surface area contributed by atoms with Gasteiger partial charge in [0.05, 0.1) is 0 Å². The summed E-state index contributed by atoms with van der Waals surface area (Å²) in [4.78, 5) is 14.0. The molecule has 0 bridgehead atoms. The lowest BCUT2D eigenvalue weighted by Crippen LogP contribution is -2.42. The van der Waals surface area contributed by atoms with Gasteiger partial charge in [0.2, 0.25) is 0 Å². The summed E-state index contributed by atoms with van der Waals surface area (Å²) in [5.74, 6) is 2.24. The van der Waals surface area contributed by atoms with Gasteiger partial charge in [0, 0.05) is 25.2 Å². The van der Waals surface area contributed by atoms with E-state index in [2.05, 4.69) is 12.2 Å². The molecule has 4 atom stereocenters. The number of carbonyl (C=O) groups is 1. The van der Waals surface area contributed by atoms with Crippen molar-refractivity contribution in [3.8, 4) is 0 Å². The molecule has 22 heavy (non-hydrogen) atoms. The normalized spacial score (nSPS) is 37.8. The smallest absolute Gasteiger partial charge is 0.410 e. The Hall–Kier alpha value is -0.770. The van der Waals surface area contributed by atoms with Gasteiger partial charge in [-0.1, -0.05) is 26.2 Å². The van der Waals surface area contributed by atoms with Gasteiger partial charge in [-0.25, -0.2) is 4.79 Å².